The third-order valence-electron chi connectivity index (χ3n) is 4.37. The third-order valence-corrected chi connectivity index (χ3v) is 4.74. The molecule has 1 unspecified atom stereocenters. The zero-order valence-electron chi connectivity index (χ0n) is 13.2. The number of carbonyl (C=O) groups is 1. The Morgan fingerprint density at radius 1 is 1.22 bits per heavy atom. The first kappa shape index (κ1) is 15.9. The van der Waals surface area contributed by atoms with Gasteiger partial charge in [0.15, 0.2) is 0 Å². The number of nitrogens with zero attached hydrogens (tertiary/aromatic N) is 1. The van der Waals surface area contributed by atoms with Gasteiger partial charge in [0, 0.05) is 11.6 Å². The summed E-state index contributed by atoms with van der Waals surface area (Å²) in [6.45, 7) is 0.806. The van der Waals surface area contributed by atoms with E-state index < -0.39 is 0 Å². The smallest absolute Gasteiger partial charge is 0.227 e. The molecule has 0 spiro atoms. The van der Waals surface area contributed by atoms with Crippen molar-refractivity contribution in [1.82, 2.24) is 4.90 Å². The van der Waals surface area contributed by atoms with Crippen molar-refractivity contribution in [2.24, 2.45) is 0 Å². The highest BCUT2D eigenvalue weighted by atomic mass is 35.5. The fourth-order valence-corrected chi connectivity index (χ4v) is 3.35. The summed E-state index contributed by atoms with van der Waals surface area (Å²) in [4.78, 5) is 14.7. The lowest BCUT2D eigenvalue weighted by Crippen LogP contribution is -2.31. The first-order valence-corrected chi connectivity index (χ1v) is 8.23. The van der Waals surface area contributed by atoms with E-state index >= 15 is 0 Å². The maximum atomic E-state index is 12.7. The number of methoxy groups -OCH3 is 1. The molecule has 120 valence electrons. The van der Waals surface area contributed by atoms with Crippen LogP contribution in [0.1, 0.15) is 30.0 Å². The number of rotatable bonds is 4. The predicted molar refractivity (Wildman–Crippen MR) is 91.8 cm³/mol. The summed E-state index contributed by atoms with van der Waals surface area (Å²) in [5.41, 5.74) is 2.05. The van der Waals surface area contributed by atoms with Gasteiger partial charge < -0.3 is 9.64 Å². The van der Waals surface area contributed by atoms with Gasteiger partial charge in [-0.25, -0.2) is 0 Å². The van der Waals surface area contributed by atoms with Gasteiger partial charge in [0.05, 0.1) is 19.6 Å². The van der Waals surface area contributed by atoms with E-state index in [-0.39, 0.29) is 11.9 Å². The maximum Gasteiger partial charge on any atom is 0.227 e. The zero-order valence-corrected chi connectivity index (χ0v) is 13.9. The van der Waals surface area contributed by atoms with E-state index in [9.17, 15) is 4.79 Å². The first-order valence-electron chi connectivity index (χ1n) is 7.86. The molecular weight excluding hydrogens is 310 g/mol. The van der Waals surface area contributed by atoms with E-state index in [1.807, 2.05) is 53.4 Å². The Hall–Kier alpha value is -2.00. The molecule has 3 nitrogen and oxygen atoms in total. The summed E-state index contributed by atoms with van der Waals surface area (Å²) in [6, 6.07) is 15.7. The van der Waals surface area contributed by atoms with Gasteiger partial charge in [0.25, 0.3) is 0 Å². The van der Waals surface area contributed by atoms with Gasteiger partial charge in [-0.15, -0.1) is 0 Å². The summed E-state index contributed by atoms with van der Waals surface area (Å²) < 4.78 is 5.20. The van der Waals surface area contributed by atoms with E-state index in [1.165, 1.54) is 0 Å². The van der Waals surface area contributed by atoms with Crippen molar-refractivity contribution >= 4 is 17.5 Å². The van der Waals surface area contributed by atoms with E-state index in [0.717, 1.165) is 36.3 Å². The molecule has 0 aliphatic carbocycles. The average molecular weight is 330 g/mol. The van der Waals surface area contributed by atoms with Crippen molar-refractivity contribution in [3.05, 3.63) is 64.7 Å². The van der Waals surface area contributed by atoms with Crippen LogP contribution in [-0.4, -0.2) is 24.5 Å². The molecule has 0 saturated carbocycles. The lowest BCUT2D eigenvalue weighted by atomic mass is 10.0. The van der Waals surface area contributed by atoms with Crippen LogP contribution >= 0.6 is 11.6 Å². The molecule has 1 amide bonds. The fourth-order valence-electron chi connectivity index (χ4n) is 3.14. The molecule has 0 N–H and O–H groups in total. The highest BCUT2D eigenvalue weighted by Gasteiger charge is 2.30. The second kappa shape index (κ2) is 7.05. The third kappa shape index (κ3) is 3.50. The Morgan fingerprint density at radius 2 is 1.96 bits per heavy atom. The summed E-state index contributed by atoms with van der Waals surface area (Å²) >= 11 is 6.18. The summed E-state index contributed by atoms with van der Waals surface area (Å²) in [7, 11) is 1.66. The van der Waals surface area contributed by atoms with Gasteiger partial charge in [-0.05, 0) is 42.2 Å². The van der Waals surface area contributed by atoms with E-state index in [0.29, 0.717) is 11.4 Å². The van der Waals surface area contributed by atoms with Crippen LogP contribution in [0.4, 0.5) is 0 Å². The molecule has 1 aliphatic heterocycles. The van der Waals surface area contributed by atoms with Crippen LogP contribution in [0.15, 0.2) is 48.5 Å². The second-order valence-electron chi connectivity index (χ2n) is 5.79. The molecule has 1 atom stereocenters. The van der Waals surface area contributed by atoms with Crippen molar-refractivity contribution in [3.63, 3.8) is 0 Å². The van der Waals surface area contributed by atoms with Crippen molar-refractivity contribution in [3.8, 4) is 5.75 Å². The summed E-state index contributed by atoms with van der Waals surface area (Å²) in [5, 5.41) is 0.654. The Labute approximate surface area is 141 Å². The molecule has 0 aromatic heterocycles. The summed E-state index contributed by atoms with van der Waals surface area (Å²) in [6.07, 6.45) is 2.39. The predicted octanol–water partition coefficient (Wildman–Crippen LogP) is 4.25. The van der Waals surface area contributed by atoms with Crippen LogP contribution in [0.25, 0.3) is 0 Å². The van der Waals surface area contributed by atoms with Crippen molar-refractivity contribution in [1.29, 1.82) is 0 Å². The highest BCUT2D eigenvalue weighted by Crippen LogP contribution is 2.33. The summed E-state index contributed by atoms with van der Waals surface area (Å²) in [5.74, 6) is 0.970. The molecule has 1 aliphatic rings. The van der Waals surface area contributed by atoms with Gasteiger partial charge >= 0.3 is 0 Å². The van der Waals surface area contributed by atoms with Crippen LogP contribution in [-0.2, 0) is 11.2 Å². The van der Waals surface area contributed by atoms with Crippen LogP contribution in [0, 0.1) is 0 Å². The van der Waals surface area contributed by atoms with E-state index in [1.54, 1.807) is 7.11 Å². The fraction of sp³-hybridized carbons (Fsp3) is 0.316. The molecule has 3 rings (SSSR count). The van der Waals surface area contributed by atoms with Crippen LogP contribution < -0.4 is 4.74 Å². The highest BCUT2D eigenvalue weighted by molar-refractivity contribution is 6.31. The molecule has 1 fully saturated rings. The Balaban J connectivity index is 1.75. The van der Waals surface area contributed by atoms with E-state index in [4.69, 9.17) is 16.3 Å². The number of ether oxygens (including phenoxy) is 1. The quantitative estimate of drug-likeness (QED) is 0.839. The van der Waals surface area contributed by atoms with E-state index in [2.05, 4.69) is 0 Å². The van der Waals surface area contributed by atoms with Gasteiger partial charge in [0.1, 0.15) is 5.75 Å². The molecule has 4 heteroatoms. The topological polar surface area (TPSA) is 29.5 Å². The van der Waals surface area contributed by atoms with Crippen molar-refractivity contribution in [2.75, 3.05) is 13.7 Å². The van der Waals surface area contributed by atoms with Crippen molar-refractivity contribution < 1.29 is 9.53 Å². The number of hydrogen-bond donors (Lipinski definition) is 0. The van der Waals surface area contributed by atoms with Gasteiger partial charge in [-0.3, -0.25) is 4.79 Å². The minimum atomic E-state index is 0.136. The molecule has 0 bridgehead atoms. The zero-order chi connectivity index (χ0) is 16.2. The largest absolute Gasteiger partial charge is 0.497 e. The molecule has 23 heavy (non-hydrogen) atoms. The maximum absolute atomic E-state index is 12.7. The van der Waals surface area contributed by atoms with Gasteiger partial charge in [0.2, 0.25) is 5.91 Å². The van der Waals surface area contributed by atoms with Crippen molar-refractivity contribution in [2.45, 2.75) is 25.3 Å². The SMILES string of the molecule is COc1ccc(C2CCCN2C(=O)Cc2ccccc2Cl)cc1. The minimum Gasteiger partial charge on any atom is -0.497 e. The first-order chi connectivity index (χ1) is 11.2. The molecule has 2 aromatic rings. The number of carbonyl (C=O) groups excluding carboxylic acids is 1. The van der Waals surface area contributed by atoms with Crippen LogP contribution in [0.5, 0.6) is 5.75 Å². The molecular formula is C19H20ClNO2. The Kier molecular flexibility index (Phi) is 4.87. The lowest BCUT2D eigenvalue weighted by Gasteiger charge is -2.25. The monoisotopic (exact) mass is 329 g/mol. The average Bonchev–Trinajstić information content (AvgIpc) is 3.07. The Morgan fingerprint density at radius 3 is 2.65 bits per heavy atom. The number of benzene rings is 2. The molecule has 0 radical (unpaired) electrons. The normalized spacial score (nSPS) is 17.3. The second-order valence-corrected chi connectivity index (χ2v) is 6.19. The number of hydrogen-bond acceptors (Lipinski definition) is 2. The van der Waals surface area contributed by atoms with Gasteiger partial charge in [-0.2, -0.15) is 0 Å². The molecule has 1 saturated heterocycles. The molecule has 1 heterocycles. The number of halogens is 1. The molecule has 2 aromatic carbocycles. The van der Waals surface area contributed by atoms with Crippen LogP contribution in [0.2, 0.25) is 5.02 Å². The number of amides is 1. The number of likely N-dealkylation sites (tertiary alicyclic amines) is 1. The minimum absolute atomic E-state index is 0.136. The standard InChI is InChI=1S/C19H20ClNO2/c1-23-16-10-8-14(9-11-16)18-7-4-12-21(18)19(22)13-15-5-2-3-6-17(15)20/h2-3,5-6,8-11,18H,4,7,12-13H2,1H3. The van der Waals surface area contributed by atoms with Gasteiger partial charge in [-0.1, -0.05) is 41.9 Å². The van der Waals surface area contributed by atoms with Crippen LogP contribution in [0.3, 0.4) is 0 Å². The Bertz CT molecular complexity index is 684. The lowest BCUT2D eigenvalue weighted by molar-refractivity contribution is -0.131.